The molecular formula is C17H20N2OS. The molecule has 4 heteroatoms. The zero-order valence-electron chi connectivity index (χ0n) is 12.1. The summed E-state index contributed by atoms with van der Waals surface area (Å²) in [5, 5.41) is 3.11. The van der Waals surface area contributed by atoms with Gasteiger partial charge in [-0.05, 0) is 12.8 Å². The van der Waals surface area contributed by atoms with E-state index in [4.69, 9.17) is 0 Å². The summed E-state index contributed by atoms with van der Waals surface area (Å²) in [6, 6.07) is 9.46. The second kappa shape index (κ2) is 6.85. The van der Waals surface area contributed by atoms with Gasteiger partial charge in [-0.3, -0.25) is 4.79 Å². The molecule has 2 aromatic rings. The summed E-state index contributed by atoms with van der Waals surface area (Å²) in [6.07, 6.45) is 5.53. The van der Waals surface area contributed by atoms with Crippen molar-refractivity contribution in [2.45, 2.75) is 32.1 Å². The van der Waals surface area contributed by atoms with Gasteiger partial charge in [0.15, 0.2) is 10.9 Å². The summed E-state index contributed by atoms with van der Waals surface area (Å²) in [5.74, 6) is 0.142. The van der Waals surface area contributed by atoms with Gasteiger partial charge in [0.2, 0.25) is 0 Å². The fraction of sp³-hybridized carbons (Fsp3) is 0.412. The Morgan fingerprint density at radius 1 is 1.10 bits per heavy atom. The smallest absolute Gasteiger partial charge is 0.185 e. The van der Waals surface area contributed by atoms with Gasteiger partial charge < -0.3 is 4.90 Å². The highest BCUT2D eigenvalue weighted by molar-refractivity contribution is 7.13. The van der Waals surface area contributed by atoms with Crippen molar-refractivity contribution in [1.29, 1.82) is 0 Å². The van der Waals surface area contributed by atoms with Crippen LogP contribution in [-0.4, -0.2) is 23.9 Å². The minimum absolute atomic E-state index is 0.142. The van der Waals surface area contributed by atoms with Gasteiger partial charge in [-0.1, -0.05) is 43.2 Å². The van der Waals surface area contributed by atoms with Gasteiger partial charge in [-0.2, -0.15) is 0 Å². The summed E-state index contributed by atoms with van der Waals surface area (Å²) in [4.78, 5) is 19.2. The third-order valence-corrected chi connectivity index (χ3v) is 4.80. The van der Waals surface area contributed by atoms with Gasteiger partial charge >= 0.3 is 0 Å². The van der Waals surface area contributed by atoms with Crippen LogP contribution in [0, 0.1) is 0 Å². The molecule has 2 heterocycles. The van der Waals surface area contributed by atoms with Crippen LogP contribution in [0.15, 0.2) is 35.7 Å². The molecule has 1 aromatic heterocycles. The summed E-state index contributed by atoms with van der Waals surface area (Å²) >= 11 is 1.67. The molecule has 0 amide bonds. The van der Waals surface area contributed by atoms with E-state index in [0.29, 0.717) is 6.42 Å². The highest BCUT2D eigenvalue weighted by atomic mass is 32.1. The number of benzene rings is 1. The molecule has 0 atom stereocenters. The van der Waals surface area contributed by atoms with E-state index in [9.17, 15) is 4.79 Å². The van der Waals surface area contributed by atoms with Crippen LogP contribution < -0.4 is 4.90 Å². The summed E-state index contributed by atoms with van der Waals surface area (Å²) in [6.45, 7) is 2.19. The van der Waals surface area contributed by atoms with Crippen LogP contribution in [0.1, 0.15) is 41.7 Å². The number of hydrogen-bond acceptors (Lipinski definition) is 4. The van der Waals surface area contributed by atoms with Crippen LogP contribution in [0.3, 0.4) is 0 Å². The Balaban J connectivity index is 1.66. The zero-order chi connectivity index (χ0) is 14.5. The van der Waals surface area contributed by atoms with Crippen molar-refractivity contribution in [2.75, 3.05) is 18.0 Å². The van der Waals surface area contributed by atoms with Crippen LogP contribution in [0.25, 0.3) is 0 Å². The average Bonchev–Trinajstić information content (AvgIpc) is 2.81. The third kappa shape index (κ3) is 3.70. The molecule has 1 aliphatic heterocycles. The molecule has 21 heavy (non-hydrogen) atoms. The molecule has 3 nitrogen and oxygen atoms in total. The van der Waals surface area contributed by atoms with Gasteiger partial charge in [0.1, 0.15) is 0 Å². The monoisotopic (exact) mass is 300 g/mol. The summed E-state index contributed by atoms with van der Waals surface area (Å²) < 4.78 is 0. The maximum Gasteiger partial charge on any atom is 0.185 e. The standard InChI is InChI=1S/C17H20N2OS/c20-16(14-8-4-3-5-9-14)12-15-13-21-17(18-15)19-10-6-1-2-7-11-19/h3-5,8-9,13H,1-2,6-7,10-12H2. The molecule has 1 aromatic carbocycles. The van der Waals surface area contributed by atoms with Crippen LogP contribution in [0.5, 0.6) is 0 Å². The van der Waals surface area contributed by atoms with Crippen molar-refractivity contribution in [3.63, 3.8) is 0 Å². The average molecular weight is 300 g/mol. The maximum atomic E-state index is 12.2. The van der Waals surface area contributed by atoms with Crippen molar-refractivity contribution < 1.29 is 4.79 Å². The third-order valence-electron chi connectivity index (χ3n) is 3.85. The second-order valence-corrected chi connectivity index (χ2v) is 6.33. The van der Waals surface area contributed by atoms with Crippen molar-refractivity contribution >= 4 is 22.3 Å². The molecule has 1 saturated heterocycles. The molecule has 0 aliphatic carbocycles. The number of Topliss-reactive ketones (excluding diaryl/α,β-unsaturated/α-hetero) is 1. The Bertz CT molecular complexity index is 586. The van der Waals surface area contributed by atoms with E-state index < -0.39 is 0 Å². The van der Waals surface area contributed by atoms with Crippen LogP contribution >= 0.6 is 11.3 Å². The first-order chi connectivity index (χ1) is 10.3. The Hall–Kier alpha value is -1.68. The van der Waals surface area contributed by atoms with Crippen molar-refractivity contribution in [3.05, 3.63) is 47.0 Å². The van der Waals surface area contributed by atoms with Gasteiger partial charge in [-0.25, -0.2) is 4.98 Å². The molecule has 0 spiro atoms. The number of carbonyl (C=O) groups excluding carboxylic acids is 1. The summed E-state index contributed by atoms with van der Waals surface area (Å²) in [7, 11) is 0. The Morgan fingerprint density at radius 3 is 2.52 bits per heavy atom. The van der Waals surface area contributed by atoms with Crippen LogP contribution in [0.4, 0.5) is 5.13 Å². The van der Waals surface area contributed by atoms with Crippen molar-refractivity contribution in [2.24, 2.45) is 0 Å². The molecule has 1 aliphatic rings. The van der Waals surface area contributed by atoms with Gasteiger partial charge in [-0.15, -0.1) is 11.3 Å². The lowest BCUT2D eigenvalue weighted by atomic mass is 10.1. The minimum atomic E-state index is 0.142. The van der Waals surface area contributed by atoms with Gasteiger partial charge in [0, 0.05) is 24.0 Å². The number of ketones is 1. The number of aromatic nitrogens is 1. The first-order valence-electron chi connectivity index (χ1n) is 7.60. The lowest BCUT2D eigenvalue weighted by molar-refractivity contribution is 0.0992. The number of nitrogens with zero attached hydrogens (tertiary/aromatic N) is 2. The van der Waals surface area contributed by atoms with Crippen LogP contribution in [0.2, 0.25) is 0 Å². The highest BCUT2D eigenvalue weighted by Gasteiger charge is 2.15. The van der Waals surface area contributed by atoms with Gasteiger partial charge in [0.05, 0.1) is 12.1 Å². The summed E-state index contributed by atoms with van der Waals surface area (Å²) in [5.41, 5.74) is 1.66. The quantitative estimate of drug-likeness (QED) is 0.802. The first-order valence-corrected chi connectivity index (χ1v) is 8.48. The SMILES string of the molecule is O=C(Cc1csc(N2CCCCCC2)n1)c1ccccc1. The Morgan fingerprint density at radius 2 is 1.81 bits per heavy atom. The Kier molecular flexibility index (Phi) is 4.65. The van der Waals surface area contributed by atoms with E-state index in [1.165, 1.54) is 25.7 Å². The predicted octanol–water partition coefficient (Wildman–Crippen LogP) is 3.95. The molecule has 0 N–H and O–H groups in total. The molecule has 3 rings (SSSR count). The van der Waals surface area contributed by atoms with Crippen molar-refractivity contribution in [3.8, 4) is 0 Å². The van der Waals surface area contributed by atoms with Crippen LogP contribution in [-0.2, 0) is 6.42 Å². The molecule has 0 unspecified atom stereocenters. The topological polar surface area (TPSA) is 33.2 Å². The number of hydrogen-bond donors (Lipinski definition) is 0. The van der Waals surface area contributed by atoms with E-state index in [0.717, 1.165) is 29.5 Å². The minimum Gasteiger partial charge on any atom is -0.348 e. The van der Waals surface area contributed by atoms with Crippen molar-refractivity contribution in [1.82, 2.24) is 4.98 Å². The molecule has 0 radical (unpaired) electrons. The predicted molar refractivity (Wildman–Crippen MR) is 87.3 cm³/mol. The maximum absolute atomic E-state index is 12.2. The first kappa shape index (κ1) is 14.3. The fourth-order valence-corrected chi connectivity index (χ4v) is 3.55. The number of carbonyl (C=O) groups is 1. The lowest BCUT2D eigenvalue weighted by Gasteiger charge is -2.18. The van der Waals surface area contributed by atoms with E-state index in [1.54, 1.807) is 11.3 Å². The molecule has 110 valence electrons. The number of rotatable bonds is 4. The molecule has 1 fully saturated rings. The van der Waals surface area contributed by atoms with E-state index >= 15 is 0 Å². The zero-order valence-corrected chi connectivity index (χ0v) is 12.9. The highest BCUT2D eigenvalue weighted by Crippen LogP contribution is 2.24. The van der Waals surface area contributed by atoms with E-state index in [2.05, 4.69) is 9.88 Å². The molecule has 0 saturated carbocycles. The fourth-order valence-electron chi connectivity index (χ4n) is 2.68. The van der Waals surface area contributed by atoms with E-state index in [1.807, 2.05) is 35.7 Å². The largest absolute Gasteiger partial charge is 0.348 e. The van der Waals surface area contributed by atoms with E-state index in [-0.39, 0.29) is 5.78 Å². The molecule has 0 bridgehead atoms. The second-order valence-electron chi connectivity index (χ2n) is 5.49. The number of thiazole rings is 1. The molecular weight excluding hydrogens is 280 g/mol. The Labute approximate surface area is 129 Å². The van der Waals surface area contributed by atoms with Gasteiger partial charge in [0.25, 0.3) is 0 Å². The number of anilines is 1. The normalized spacial score (nSPS) is 15.7. The lowest BCUT2D eigenvalue weighted by Crippen LogP contribution is -2.23.